The van der Waals surface area contributed by atoms with E-state index in [1.807, 2.05) is 19.4 Å². The van der Waals surface area contributed by atoms with Gasteiger partial charge in [-0.1, -0.05) is 0 Å². The van der Waals surface area contributed by atoms with Gasteiger partial charge in [0.05, 0.1) is 17.9 Å². The van der Waals surface area contributed by atoms with Crippen LogP contribution in [0.15, 0.2) is 12.4 Å². The first-order chi connectivity index (χ1) is 8.24. The lowest BCUT2D eigenvalue weighted by Gasteiger charge is -2.06. The van der Waals surface area contributed by atoms with Crippen LogP contribution in [-0.2, 0) is 19.9 Å². The maximum atomic E-state index is 6.24. The van der Waals surface area contributed by atoms with Gasteiger partial charge in [0.1, 0.15) is 5.01 Å². The number of hydrogen-bond donors (Lipinski definition) is 1. The number of rotatable bonds is 2. The molecule has 5 heteroatoms. The van der Waals surface area contributed by atoms with Crippen molar-refractivity contribution in [1.82, 2.24) is 14.8 Å². The molecule has 0 radical (unpaired) electrons. The zero-order chi connectivity index (χ0) is 11.8. The van der Waals surface area contributed by atoms with E-state index in [0.717, 1.165) is 17.0 Å². The molecule has 0 amide bonds. The summed E-state index contributed by atoms with van der Waals surface area (Å²) in [5, 5.41) is 5.19. The summed E-state index contributed by atoms with van der Waals surface area (Å²) in [6, 6.07) is -0.126. The van der Waals surface area contributed by atoms with Crippen molar-refractivity contribution in [3.63, 3.8) is 0 Å². The molecule has 2 heterocycles. The maximum Gasteiger partial charge on any atom is 0.115 e. The van der Waals surface area contributed by atoms with Gasteiger partial charge in [0.2, 0.25) is 0 Å². The summed E-state index contributed by atoms with van der Waals surface area (Å²) in [6.45, 7) is 0. The number of aromatic nitrogens is 3. The topological polar surface area (TPSA) is 56.7 Å². The van der Waals surface area contributed by atoms with Gasteiger partial charge in [-0.25, -0.2) is 4.98 Å². The summed E-state index contributed by atoms with van der Waals surface area (Å²) in [5.41, 5.74) is 8.55. The monoisotopic (exact) mass is 248 g/mol. The molecule has 0 saturated carbocycles. The first kappa shape index (κ1) is 10.9. The highest BCUT2D eigenvalue weighted by Crippen LogP contribution is 2.31. The highest BCUT2D eigenvalue weighted by Gasteiger charge is 2.20. The Hall–Kier alpha value is -1.20. The van der Waals surface area contributed by atoms with Crippen molar-refractivity contribution in [2.75, 3.05) is 0 Å². The highest BCUT2D eigenvalue weighted by molar-refractivity contribution is 7.11. The Morgan fingerprint density at radius 2 is 2.24 bits per heavy atom. The lowest BCUT2D eigenvalue weighted by molar-refractivity contribution is 0.678. The van der Waals surface area contributed by atoms with Gasteiger partial charge in [-0.15, -0.1) is 11.3 Å². The lowest BCUT2D eigenvalue weighted by atomic mass is 10.0. The molecule has 1 unspecified atom stereocenters. The zero-order valence-electron chi connectivity index (χ0n) is 9.89. The van der Waals surface area contributed by atoms with Crippen LogP contribution in [0.1, 0.15) is 40.0 Å². The quantitative estimate of drug-likeness (QED) is 0.881. The normalized spacial score (nSPS) is 16.8. The molecule has 2 N–H and O–H groups in total. The number of aryl methyl sites for hydroxylation is 3. The molecule has 3 rings (SSSR count). The van der Waals surface area contributed by atoms with Gasteiger partial charge in [-0.3, -0.25) is 4.68 Å². The van der Waals surface area contributed by atoms with E-state index < -0.39 is 0 Å². The molecule has 90 valence electrons. The lowest BCUT2D eigenvalue weighted by Crippen LogP contribution is -2.11. The summed E-state index contributed by atoms with van der Waals surface area (Å²) in [4.78, 5) is 6.13. The second kappa shape index (κ2) is 4.23. The van der Waals surface area contributed by atoms with Crippen molar-refractivity contribution >= 4 is 11.3 Å². The Labute approximate surface area is 104 Å². The Morgan fingerprint density at radius 1 is 1.41 bits per heavy atom. The molecular weight excluding hydrogens is 232 g/mol. The van der Waals surface area contributed by atoms with Crippen LogP contribution in [0.4, 0.5) is 0 Å². The van der Waals surface area contributed by atoms with E-state index in [4.69, 9.17) is 10.7 Å². The van der Waals surface area contributed by atoms with Crippen molar-refractivity contribution in [1.29, 1.82) is 0 Å². The van der Waals surface area contributed by atoms with Crippen molar-refractivity contribution in [2.45, 2.75) is 31.7 Å². The Bertz CT molecular complexity index is 505. The largest absolute Gasteiger partial charge is 0.318 e. The molecule has 0 aromatic carbocycles. The summed E-state index contributed by atoms with van der Waals surface area (Å²) in [6.07, 6.45) is 8.63. The summed E-state index contributed by atoms with van der Waals surface area (Å²) in [5.74, 6) is 0. The van der Waals surface area contributed by atoms with E-state index in [1.54, 1.807) is 16.0 Å². The molecule has 17 heavy (non-hydrogen) atoms. The number of nitrogens with two attached hydrogens (primary N) is 1. The highest BCUT2D eigenvalue weighted by atomic mass is 32.1. The average Bonchev–Trinajstić information content (AvgIpc) is 2.93. The van der Waals surface area contributed by atoms with Gasteiger partial charge in [-0.2, -0.15) is 5.10 Å². The number of thiazole rings is 1. The molecule has 0 spiro atoms. The first-order valence-corrected chi connectivity index (χ1v) is 6.78. The second-order valence-corrected chi connectivity index (χ2v) is 5.67. The van der Waals surface area contributed by atoms with Crippen LogP contribution in [0.3, 0.4) is 0 Å². The predicted octanol–water partition coefficient (Wildman–Crippen LogP) is 1.80. The molecular formula is C12H16N4S. The van der Waals surface area contributed by atoms with E-state index in [-0.39, 0.29) is 6.04 Å². The van der Waals surface area contributed by atoms with E-state index in [9.17, 15) is 0 Å². The van der Waals surface area contributed by atoms with Gasteiger partial charge in [-0.05, 0) is 25.7 Å². The average molecular weight is 248 g/mol. The van der Waals surface area contributed by atoms with Gasteiger partial charge in [0.15, 0.2) is 0 Å². The molecule has 4 nitrogen and oxygen atoms in total. The standard InChI is InChI=1S/C12H16N4S/c1-16-7-8(6-14-16)11(13)12-15-9-4-2-3-5-10(9)17-12/h6-7,11H,2-5,13H2,1H3. The molecule has 0 bridgehead atoms. The number of nitrogens with zero attached hydrogens (tertiary/aromatic N) is 3. The molecule has 0 saturated heterocycles. The third kappa shape index (κ3) is 2.00. The van der Waals surface area contributed by atoms with Crippen LogP contribution in [0.25, 0.3) is 0 Å². The van der Waals surface area contributed by atoms with E-state index in [0.29, 0.717) is 0 Å². The fourth-order valence-electron chi connectivity index (χ4n) is 2.25. The molecule has 0 aliphatic heterocycles. The van der Waals surface area contributed by atoms with Crippen LogP contribution >= 0.6 is 11.3 Å². The maximum absolute atomic E-state index is 6.24. The fourth-order valence-corrected chi connectivity index (χ4v) is 3.43. The Kier molecular flexibility index (Phi) is 2.72. The van der Waals surface area contributed by atoms with Crippen molar-refractivity contribution in [3.8, 4) is 0 Å². The molecule has 1 atom stereocenters. The van der Waals surface area contributed by atoms with Crippen molar-refractivity contribution in [3.05, 3.63) is 33.5 Å². The molecule has 2 aromatic heterocycles. The van der Waals surface area contributed by atoms with Crippen LogP contribution < -0.4 is 5.73 Å². The third-order valence-corrected chi connectivity index (χ3v) is 4.45. The minimum absolute atomic E-state index is 0.126. The van der Waals surface area contributed by atoms with Crippen LogP contribution in [-0.4, -0.2) is 14.8 Å². The fraction of sp³-hybridized carbons (Fsp3) is 0.500. The van der Waals surface area contributed by atoms with E-state index in [2.05, 4.69) is 5.10 Å². The number of hydrogen-bond acceptors (Lipinski definition) is 4. The molecule has 1 aliphatic rings. The SMILES string of the molecule is Cn1cc(C(N)c2nc3c(s2)CCCC3)cn1. The summed E-state index contributed by atoms with van der Waals surface area (Å²) >= 11 is 1.77. The van der Waals surface area contributed by atoms with Gasteiger partial charge in [0.25, 0.3) is 0 Å². The van der Waals surface area contributed by atoms with Crippen LogP contribution in [0.5, 0.6) is 0 Å². The van der Waals surface area contributed by atoms with Crippen LogP contribution in [0, 0.1) is 0 Å². The Balaban J connectivity index is 1.91. The minimum Gasteiger partial charge on any atom is -0.318 e. The Morgan fingerprint density at radius 3 is 2.94 bits per heavy atom. The first-order valence-electron chi connectivity index (χ1n) is 5.96. The van der Waals surface area contributed by atoms with E-state index in [1.165, 1.54) is 29.8 Å². The van der Waals surface area contributed by atoms with Crippen molar-refractivity contribution in [2.24, 2.45) is 12.8 Å². The van der Waals surface area contributed by atoms with Gasteiger partial charge in [0, 0.05) is 23.7 Å². The van der Waals surface area contributed by atoms with Gasteiger partial charge < -0.3 is 5.73 Å². The summed E-state index contributed by atoms with van der Waals surface area (Å²) in [7, 11) is 1.91. The zero-order valence-corrected chi connectivity index (χ0v) is 10.7. The number of fused-ring (bicyclic) bond motifs is 1. The minimum atomic E-state index is -0.126. The second-order valence-electron chi connectivity index (χ2n) is 4.55. The smallest absolute Gasteiger partial charge is 0.115 e. The third-order valence-electron chi connectivity index (χ3n) is 3.21. The molecule has 1 aliphatic carbocycles. The molecule has 2 aromatic rings. The predicted molar refractivity (Wildman–Crippen MR) is 68.0 cm³/mol. The van der Waals surface area contributed by atoms with E-state index >= 15 is 0 Å². The van der Waals surface area contributed by atoms with Gasteiger partial charge >= 0.3 is 0 Å². The van der Waals surface area contributed by atoms with Crippen LogP contribution in [0.2, 0.25) is 0 Å². The summed E-state index contributed by atoms with van der Waals surface area (Å²) < 4.78 is 1.78. The van der Waals surface area contributed by atoms with Crippen molar-refractivity contribution < 1.29 is 0 Å². The molecule has 0 fully saturated rings.